The summed E-state index contributed by atoms with van der Waals surface area (Å²) in [5.41, 5.74) is 2.42. The van der Waals surface area contributed by atoms with E-state index in [1.165, 1.54) is 31.4 Å². The number of rotatable bonds is 8. The lowest BCUT2D eigenvalue weighted by Gasteiger charge is -2.12. The molecular weight excluding hydrogens is 413 g/mol. The van der Waals surface area contributed by atoms with Crippen LogP contribution in [0.2, 0.25) is 0 Å². The maximum absolute atomic E-state index is 13.9. The van der Waals surface area contributed by atoms with E-state index in [9.17, 15) is 14.4 Å². The molecule has 0 bridgehead atoms. The molecule has 1 heterocycles. The number of hydrogen-bond donors (Lipinski definition) is 1. The number of benzene rings is 2. The Morgan fingerprint density at radius 1 is 1.28 bits per heavy atom. The SMILES string of the molecule is COc1cc(/C=C/C(=O)NC(C#N)c2ccccc2F)ccc1OCc1c(C)noc1C. The van der Waals surface area contributed by atoms with Crippen LogP contribution >= 0.6 is 0 Å². The average Bonchev–Trinajstić information content (AvgIpc) is 3.12. The smallest absolute Gasteiger partial charge is 0.245 e. The highest BCUT2D eigenvalue weighted by molar-refractivity contribution is 5.92. The van der Waals surface area contributed by atoms with Crippen molar-refractivity contribution < 1.29 is 23.2 Å². The van der Waals surface area contributed by atoms with E-state index in [-0.39, 0.29) is 12.2 Å². The van der Waals surface area contributed by atoms with E-state index in [4.69, 9.17) is 14.0 Å². The van der Waals surface area contributed by atoms with E-state index in [2.05, 4.69) is 10.5 Å². The molecule has 1 amide bonds. The molecular formula is C24H22FN3O4. The second kappa shape index (κ2) is 10.3. The lowest BCUT2D eigenvalue weighted by molar-refractivity contribution is -0.116. The fourth-order valence-electron chi connectivity index (χ4n) is 3.02. The molecule has 0 aliphatic heterocycles. The first-order chi connectivity index (χ1) is 15.4. The summed E-state index contributed by atoms with van der Waals surface area (Å²) >= 11 is 0. The summed E-state index contributed by atoms with van der Waals surface area (Å²) in [5.74, 6) is 0.620. The van der Waals surface area contributed by atoms with Gasteiger partial charge < -0.3 is 19.3 Å². The normalized spacial score (nSPS) is 11.7. The minimum atomic E-state index is -1.09. The summed E-state index contributed by atoms with van der Waals surface area (Å²) in [6.45, 7) is 3.94. The second-order valence-electron chi connectivity index (χ2n) is 6.93. The van der Waals surface area contributed by atoms with Crippen molar-refractivity contribution >= 4 is 12.0 Å². The quantitative estimate of drug-likeness (QED) is 0.527. The highest BCUT2D eigenvalue weighted by Gasteiger charge is 2.16. The number of amides is 1. The Morgan fingerprint density at radius 3 is 2.72 bits per heavy atom. The van der Waals surface area contributed by atoms with Crippen LogP contribution in [-0.4, -0.2) is 18.2 Å². The van der Waals surface area contributed by atoms with Gasteiger partial charge in [-0.25, -0.2) is 4.39 Å². The molecule has 2 aromatic carbocycles. The van der Waals surface area contributed by atoms with Crippen molar-refractivity contribution in [3.05, 3.63) is 82.5 Å². The maximum Gasteiger partial charge on any atom is 0.245 e. The van der Waals surface area contributed by atoms with Gasteiger partial charge in [-0.2, -0.15) is 5.26 Å². The van der Waals surface area contributed by atoms with Crippen LogP contribution in [0.25, 0.3) is 6.08 Å². The molecule has 8 heteroatoms. The van der Waals surface area contributed by atoms with Crippen molar-refractivity contribution in [2.75, 3.05) is 7.11 Å². The van der Waals surface area contributed by atoms with Gasteiger partial charge in [-0.1, -0.05) is 29.4 Å². The van der Waals surface area contributed by atoms with Crippen molar-refractivity contribution in [3.8, 4) is 17.6 Å². The van der Waals surface area contributed by atoms with Crippen LogP contribution in [0.15, 0.2) is 53.1 Å². The van der Waals surface area contributed by atoms with Crippen molar-refractivity contribution in [3.63, 3.8) is 0 Å². The summed E-state index contributed by atoms with van der Waals surface area (Å²) < 4.78 is 30.3. The monoisotopic (exact) mass is 435 g/mol. The van der Waals surface area contributed by atoms with Gasteiger partial charge in [-0.05, 0) is 43.7 Å². The Kier molecular flexibility index (Phi) is 7.24. The number of nitriles is 1. The van der Waals surface area contributed by atoms with Crippen LogP contribution in [0.3, 0.4) is 0 Å². The first kappa shape index (κ1) is 22.6. The molecule has 0 radical (unpaired) electrons. The molecule has 1 aromatic heterocycles. The summed E-state index contributed by atoms with van der Waals surface area (Å²) in [6.07, 6.45) is 2.83. The average molecular weight is 435 g/mol. The molecule has 0 spiro atoms. The zero-order valence-electron chi connectivity index (χ0n) is 17.9. The van der Waals surface area contributed by atoms with E-state index in [1.54, 1.807) is 30.3 Å². The van der Waals surface area contributed by atoms with Crippen molar-refractivity contribution in [1.29, 1.82) is 5.26 Å². The molecule has 32 heavy (non-hydrogen) atoms. The van der Waals surface area contributed by atoms with E-state index >= 15 is 0 Å². The number of methoxy groups -OCH3 is 1. The van der Waals surface area contributed by atoms with E-state index in [1.807, 2.05) is 19.9 Å². The number of carbonyl (C=O) groups excluding carboxylic acids is 1. The lowest BCUT2D eigenvalue weighted by Crippen LogP contribution is -2.26. The van der Waals surface area contributed by atoms with Gasteiger partial charge in [-0.15, -0.1) is 0 Å². The Balaban J connectivity index is 1.67. The van der Waals surface area contributed by atoms with Crippen LogP contribution in [0.1, 0.15) is 34.2 Å². The lowest BCUT2D eigenvalue weighted by atomic mass is 10.1. The highest BCUT2D eigenvalue weighted by atomic mass is 19.1. The van der Waals surface area contributed by atoms with Crippen LogP contribution < -0.4 is 14.8 Å². The summed E-state index contributed by atoms with van der Waals surface area (Å²) in [7, 11) is 1.52. The third kappa shape index (κ3) is 5.32. The molecule has 164 valence electrons. The van der Waals surface area contributed by atoms with Crippen molar-refractivity contribution in [1.82, 2.24) is 10.5 Å². The van der Waals surface area contributed by atoms with Crippen LogP contribution in [0.4, 0.5) is 4.39 Å². The molecule has 0 aliphatic carbocycles. The zero-order valence-corrected chi connectivity index (χ0v) is 17.9. The van der Waals surface area contributed by atoms with Crippen LogP contribution in [0, 0.1) is 31.0 Å². The number of aryl methyl sites for hydroxylation is 2. The molecule has 1 N–H and O–H groups in total. The third-order valence-corrected chi connectivity index (χ3v) is 4.80. The first-order valence-corrected chi connectivity index (χ1v) is 9.78. The fraction of sp³-hybridized carbons (Fsp3) is 0.208. The largest absolute Gasteiger partial charge is 0.493 e. The molecule has 0 aliphatic rings. The zero-order chi connectivity index (χ0) is 23.1. The number of nitrogens with zero attached hydrogens (tertiary/aromatic N) is 2. The standard InChI is InChI=1S/C24H22FN3O4/c1-15-19(16(2)32-28-15)14-31-22-10-8-17(12-23(22)30-3)9-11-24(29)27-21(13-26)18-6-4-5-7-20(18)25/h4-12,21H,14H2,1-3H3,(H,27,29)/b11-9+. The Bertz CT molecular complexity index is 1160. The minimum Gasteiger partial charge on any atom is -0.493 e. The molecule has 0 saturated heterocycles. The van der Waals surface area contributed by atoms with Gasteiger partial charge in [0.15, 0.2) is 11.5 Å². The number of halogens is 1. The van der Waals surface area contributed by atoms with Crippen molar-refractivity contribution in [2.24, 2.45) is 0 Å². The molecule has 0 fully saturated rings. The molecule has 7 nitrogen and oxygen atoms in total. The van der Waals surface area contributed by atoms with Gasteiger partial charge in [0.2, 0.25) is 5.91 Å². The summed E-state index contributed by atoms with van der Waals surface area (Å²) in [6, 6.07) is 11.8. The van der Waals surface area contributed by atoms with E-state index < -0.39 is 17.8 Å². The molecule has 3 rings (SSSR count). The van der Waals surface area contributed by atoms with Gasteiger partial charge in [0.25, 0.3) is 0 Å². The number of ether oxygens (including phenoxy) is 2. The Labute approximate surface area is 185 Å². The molecule has 1 atom stereocenters. The van der Waals surface area contributed by atoms with Gasteiger partial charge in [0.1, 0.15) is 24.2 Å². The van der Waals surface area contributed by atoms with E-state index in [0.717, 1.165) is 11.3 Å². The van der Waals surface area contributed by atoms with Crippen LogP contribution in [0.5, 0.6) is 11.5 Å². The predicted molar refractivity (Wildman–Crippen MR) is 115 cm³/mol. The van der Waals surface area contributed by atoms with E-state index in [0.29, 0.717) is 22.8 Å². The second-order valence-corrected chi connectivity index (χ2v) is 6.93. The predicted octanol–water partition coefficient (Wildman–Crippen LogP) is 4.41. The Hall–Kier alpha value is -4.12. The van der Waals surface area contributed by atoms with Crippen molar-refractivity contribution in [2.45, 2.75) is 26.5 Å². The minimum absolute atomic E-state index is 0.109. The summed E-state index contributed by atoms with van der Waals surface area (Å²) in [4.78, 5) is 12.2. The number of hydrogen-bond acceptors (Lipinski definition) is 6. The molecule has 0 saturated carbocycles. The first-order valence-electron chi connectivity index (χ1n) is 9.78. The maximum atomic E-state index is 13.9. The summed E-state index contributed by atoms with van der Waals surface area (Å²) in [5, 5.41) is 15.7. The Morgan fingerprint density at radius 2 is 2.06 bits per heavy atom. The third-order valence-electron chi connectivity index (χ3n) is 4.80. The number of aromatic nitrogens is 1. The number of nitrogens with one attached hydrogen (secondary N) is 1. The van der Waals surface area contributed by atoms with Gasteiger partial charge in [0.05, 0.1) is 24.4 Å². The van der Waals surface area contributed by atoms with Gasteiger partial charge >= 0.3 is 0 Å². The molecule has 1 unspecified atom stereocenters. The van der Waals surface area contributed by atoms with Crippen LogP contribution in [-0.2, 0) is 11.4 Å². The highest BCUT2D eigenvalue weighted by Crippen LogP contribution is 2.30. The fourth-order valence-corrected chi connectivity index (χ4v) is 3.02. The van der Waals surface area contributed by atoms with Gasteiger partial charge in [-0.3, -0.25) is 4.79 Å². The number of carbonyl (C=O) groups is 1. The van der Waals surface area contributed by atoms with Gasteiger partial charge in [0, 0.05) is 11.6 Å². The topological polar surface area (TPSA) is 97.4 Å². The molecule has 3 aromatic rings.